The highest BCUT2D eigenvalue weighted by Gasteiger charge is 2.28. The molecule has 0 radical (unpaired) electrons. The fourth-order valence-electron chi connectivity index (χ4n) is 1.28. The van der Waals surface area contributed by atoms with Gasteiger partial charge in [0, 0.05) is 5.69 Å². The minimum Gasteiger partial charge on any atom is -0.490 e. The molecule has 0 aromatic heterocycles. The summed E-state index contributed by atoms with van der Waals surface area (Å²) in [6, 6.07) is 3.41. The lowest BCUT2D eigenvalue weighted by molar-refractivity contribution is 0.335. The normalized spacial score (nSPS) is 12.5. The molecule has 0 atom stereocenters. The summed E-state index contributed by atoms with van der Waals surface area (Å²) in [6.45, 7) is 5.13. The Balaban J connectivity index is 2.75. The van der Waals surface area contributed by atoms with Crippen LogP contribution in [0.1, 0.15) is 20.8 Å². The van der Waals surface area contributed by atoms with Gasteiger partial charge in [-0.3, -0.25) is 0 Å². The number of sulfone groups is 1. The van der Waals surface area contributed by atoms with Crippen LogP contribution in [-0.4, -0.2) is 25.5 Å². The minimum absolute atomic E-state index is 0.0280. The second kappa shape index (κ2) is 6.01. The second-order valence-corrected chi connectivity index (χ2v) is 9.66. The standard InChI is InChI=1S/C12H17Br2NO3S/c1-12(2,3)19(16,17)5-4-18-11-9(13)6-8(15)7-10(11)14/h6-7H,4-5,15H2,1-3H3. The third kappa shape index (κ3) is 4.36. The summed E-state index contributed by atoms with van der Waals surface area (Å²) < 4.78 is 30.0. The average molecular weight is 415 g/mol. The lowest BCUT2D eigenvalue weighted by Crippen LogP contribution is -2.32. The summed E-state index contributed by atoms with van der Waals surface area (Å²) in [5, 5.41) is 0. The van der Waals surface area contributed by atoms with Crippen molar-refractivity contribution in [1.82, 2.24) is 0 Å². The van der Waals surface area contributed by atoms with Crippen LogP contribution in [0.25, 0.3) is 0 Å². The van der Waals surface area contributed by atoms with Gasteiger partial charge in [-0.2, -0.15) is 0 Å². The van der Waals surface area contributed by atoms with E-state index in [-0.39, 0.29) is 12.4 Å². The van der Waals surface area contributed by atoms with Crippen molar-refractivity contribution in [3.05, 3.63) is 21.1 Å². The van der Waals surface area contributed by atoms with Crippen LogP contribution in [-0.2, 0) is 9.84 Å². The zero-order chi connectivity index (χ0) is 14.8. The van der Waals surface area contributed by atoms with Crippen LogP contribution in [0.4, 0.5) is 5.69 Å². The van der Waals surface area contributed by atoms with E-state index in [1.165, 1.54) is 0 Å². The molecule has 7 heteroatoms. The first-order chi connectivity index (χ1) is 8.54. The smallest absolute Gasteiger partial charge is 0.158 e. The fraction of sp³-hybridized carbons (Fsp3) is 0.500. The molecule has 19 heavy (non-hydrogen) atoms. The van der Waals surface area contributed by atoms with Gasteiger partial charge in [0.15, 0.2) is 9.84 Å². The Bertz CT molecular complexity index is 542. The number of nitrogens with two attached hydrogens (primary N) is 1. The maximum Gasteiger partial charge on any atom is 0.158 e. The van der Waals surface area contributed by atoms with Crippen LogP contribution in [0.15, 0.2) is 21.1 Å². The van der Waals surface area contributed by atoms with Crippen LogP contribution in [0.2, 0.25) is 0 Å². The van der Waals surface area contributed by atoms with Crippen molar-refractivity contribution >= 4 is 47.4 Å². The summed E-state index contributed by atoms with van der Waals surface area (Å²) in [5.74, 6) is 0.526. The number of anilines is 1. The highest BCUT2D eigenvalue weighted by molar-refractivity contribution is 9.11. The summed E-state index contributed by atoms with van der Waals surface area (Å²) >= 11 is 6.67. The number of nitrogen functional groups attached to an aromatic ring is 1. The molecule has 0 aliphatic carbocycles. The summed E-state index contributed by atoms with van der Waals surface area (Å²) in [5.41, 5.74) is 6.26. The predicted molar refractivity (Wildman–Crippen MR) is 85.3 cm³/mol. The van der Waals surface area contributed by atoms with Gasteiger partial charge in [-0.05, 0) is 64.8 Å². The zero-order valence-corrected chi connectivity index (χ0v) is 15.0. The number of rotatable bonds is 4. The molecule has 0 unspecified atom stereocenters. The van der Waals surface area contributed by atoms with E-state index < -0.39 is 14.6 Å². The average Bonchev–Trinajstić information content (AvgIpc) is 2.20. The maximum atomic E-state index is 11.9. The molecule has 0 saturated heterocycles. The molecule has 0 aliphatic heterocycles. The van der Waals surface area contributed by atoms with Crippen molar-refractivity contribution in [2.45, 2.75) is 25.5 Å². The van der Waals surface area contributed by atoms with E-state index in [4.69, 9.17) is 10.5 Å². The molecule has 1 aromatic carbocycles. The van der Waals surface area contributed by atoms with E-state index >= 15 is 0 Å². The maximum absolute atomic E-state index is 11.9. The Kier molecular flexibility index (Phi) is 5.31. The summed E-state index contributed by atoms with van der Waals surface area (Å²) in [6.07, 6.45) is 0. The Labute approximate surface area is 130 Å². The van der Waals surface area contributed by atoms with E-state index in [2.05, 4.69) is 31.9 Å². The van der Waals surface area contributed by atoms with E-state index in [0.717, 1.165) is 0 Å². The number of halogens is 2. The van der Waals surface area contributed by atoms with Gasteiger partial charge in [0.2, 0.25) is 0 Å². The monoisotopic (exact) mass is 413 g/mol. The Hall–Kier alpha value is -0.270. The highest BCUT2D eigenvalue weighted by Crippen LogP contribution is 2.35. The molecule has 0 saturated carbocycles. The molecule has 0 aliphatic rings. The molecule has 0 fully saturated rings. The molecule has 1 rings (SSSR count). The molecule has 1 aromatic rings. The van der Waals surface area contributed by atoms with Crippen molar-refractivity contribution in [2.75, 3.05) is 18.1 Å². The Morgan fingerprint density at radius 3 is 2.11 bits per heavy atom. The van der Waals surface area contributed by atoms with Gasteiger partial charge in [-0.1, -0.05) is 0 Å². The molecule has 4 nitrogen and oxygen atoms in total. The molecule has 0 spiro atoms. The first kappa shape index (κ1) is 16.8. The van der Waals surface area contributed by atoms with Gasteiger partial charge in [-0.25, -0.2) is 8.42 Å². The first-order valence-electron chi connectivity index (χ1n) is 5.64. The lowest BCUT2D eigenvalue weighted by Gasteiger charge is -2.19. The van der Waals surface area contributed by atoms with Crippen molar-refractivity contribution in [2.24, 2.45) is 0 Å². The van der Waals surface area contributed by atoms with Gasteiger partial charge >= 0.3 is 0 Å². The predicted octanol–water partition coefficient (Wildman–Crippen LogP) is 3.39. The number of ether oxygens (including phenoxy) is 1. The summed E-state index contributed by atoms with van der Waals surface area (Å²) in [4.78, 5) is 0. The highest BCUT2D eigenvalue weighted by atomic mass is 79.9. The topological polar surface area (TPSA) is 69.4 Å². The van der Waals surface area contributed by atoms with Gasteiger partial charge in [0.25, 0.3) is 0 Å². The molecule has 108 valence electrons. The van der Waals surface area contributed by atoms with Crippen LogP contribution in [0, 0.1) is 0 Å². The third-order valence-corrected chi connectivity index (χ3v) is 6.30. The zero-order valence-electron chi connectivity index (χ0n) is 11.0. The van der Waals surface area contributed by atoms with Crippen LogP contribution in [0.5, 0.6) is 5.75 Å². The third-order valence-electron chi connectivity index (χ3n) is 2.55. The van der Waals surface area contributed by atoms with Crippen molar-refractivity contribution in [3.8, 4) is 5.75 Å². The fourth-order valence-corrected chi connectivity index (χ4v) is 3.64. The Morgan fingerprint density at radius 2 is 1.68 bits per heavy atom. The van der Waals surface area contributed by atoms with Gasteiger partial charge in [0.1, 0.15) is 12.4 Å². The van der Waals surface area contributed by atoms with Gasteiger partial charge in [0.05, 0.1) is 19.4 Å². The van der Waals surface area contributed by atoms with Crippen molar-refractivity contribution < 1.29 is 13.2 Å². The van der Waals surface area contributed by atoms with E-state index in [9.17, 15) is 8.42 Å². The van der Waals surface area contributed by atoms with E-state index in [0.29, 0.717) is 20.4 Å². The van der Waals surface area contributed by atoms with E-state index in [1.807, 2.05) is 0 Å². The van der Waals surface area contributed by atoms with Crippen LogP contribution < -0.4 is 10.5 Å². The Morgan fingerprint density at radius 1 is 1.21 bits per heavy atom. The summed E-state index contributed by atoms with van der Waals surface area (Å²) in [7, 11) is -3.18. The van der Waals surface area contributed by atoms with Crippen molar-refractivity contribution in [1.29, 1.82) is 0 Å². The molecule has 0 amide bonds. The molecule has 0 bridgehead atoms. The van der Waals surface area contributed by atoms with Gasteiger partial charge in [-0.15, -0.1) is 0 Å². The molecular weight excluding hydrogens is 398 g/mol. The number of hydrogen-bond donors (Lipinski definition) is 1. The molecule has 2 N–H and O–H groups in total. The second-order valence-electron chi connectivity index (χ2n) is 5.09. The molecule has 0 heterocycles. The van der Waals surface area contributed by atoms with E-state index in [1.54, 1.807) is 32.9 Å². The largest absolute Gasteiger partial charge is 0.490 e. The lowest BCUT2D eigenvalue weighted by atomic mass is 10.3. The van der Waals surface area contributed by atoms with Crippen LogP contribution in [0.3, 0.4) is 0 Å². The molecular formula is C12H17Br2NO3S. The van der Waals surface area contributed by atoms with Crippen molar-refractivity contribution in [3.63, 3.8) is 0 Å². The minimum atomic E-state index is -3.18. The van der Waals surface area contributed by atoms with Crippen LogP contribution >= 0.6 is 31.9 Å². The SMILES string of the molecule is CC(C)(C)S(=O)(=O)CCOc1c(Br)cc(N)cc1Br. The number of hydrogen-bond acceptors (Lipinski definition) is 4. The number of benzene rings is 1. The first-order valence-corrected chi connectivity index (χ1v) is 8.88. The van der Waals surface area contributed by atoms with Gasteiger partial charge < -0.3 is 10.5 Å². The quantitative estimate of drug-likeness (QED) is 0.766.